The summed E-state index contributed by atoms with van der Waals surface area (Å²) in [6.45, 7) is 4.03. The van der Waals surface area contributed by atoms with Gasteiger partial charge in [0, 0.05) is 5.39 Å². The molecule has 0 aliphatic carbocycles. The lowest BCUT2D eigenvalue weighted by Gasteiger charge is -2.08. The molecule has 0 fully saturated rings. The molecule has 6 heteroatoms. The number of aryl methyl sites for hydroxylation is 2. The highest BCUT2D eigenvalue weighted by atomic mass is 31.0. The van der Waals surface area contributed by atoms with Gasteiger partial charge in [-0.15, -0.1) is 0 Å². The Morgan fingerprint density at radius 3 is 2.67 bits per heavy atom. The molecule has 0 bridgehead atoms. The summed E-state index contributed by atoms with van der Waals surface area (Å²) in [6, 6.07) is 13.8. The van der Waals surface area contributed by atoms with Crippen LogP contribution in [0.5, 0.6) is 0 Å². The zero-order valence-electron chi connectivity index (χ0n) is 13.4. The molecule has 1 unspecified atom stereocenters. The number of nitrogens with zero attached hydrogens (tertiary/aromatic N) is 3. The number of nitrogen functional groups attached to an aromatic ring is 1. The van der Waals surface area contributed by atoms with Gasteiger partial charge in [-0.25, -0.2) is 4.68 Å². The first-order valence-electron chi connectivity index (χ1n) is 7.63. The van der Waals surface area contributed by atoms with Crippen molar-refractivity contribution >= 4 is 37.0 Å². The number of rotatable bonds is 1. The molecule has 1 atom stereocenters. The van der Waals surface area contributed by atoms with E-state index in [0.29, 0.717) is 16.7 Å². The maximum Gasteiger partial charge on any atom is 0.267 e. The van der Waals surface area contributed by atoms with Crippen molar-refractivity contribution in [3.63, 3.8) is 0 Å². The summed E-state index contributed by atoms with van der Waals surface area (Å²) in [4.78, 5) is 12.8. The van der Waals surface area contributed by atoms with E-state index in [9.17, 15) is 4.79 Å². The molecule has 0 aliphatic rings. The first kappa shape index (κ1) is 14.9. The van der Waals surface area contributed by atoms with E-state index in [1.807, 2.05) is 56.3 Å². The number of fused-ring (bicyclic) bond motifs is 3. The Morgan fingerprint density at radius 1 is 1.12 bits per heavy atom. The quantitative estimate of drug-likeness (QED) is 0.543. The monoisotopic (exact) mass is 336 g/mol. The van der Waals surface area contributed by atoms with Crippen LogP contribution in [-0.4, -0.2) is 14.1 Å². The first-order valence-corrected chi connectivity index (χ1v) is 8.15. The highest BCUT2D eigenvalue weighted by Crippen LogP contribution is 2.29. The summed E-state index contributed by atoms with van der Waals surface area (Å²) in [5.41, 5.74) is 10.7. The number of hydrogen-bond acceptors (Lipinski definition) is 3. The van der Waals surface area contributed by atoms with Crippen LogP contribution in [-0.2, 0) is 0 Å². The lowest BCUT2D eigenvalue weighted by atomic mass is 10.1. The summed E-state index contributed by atoms with van der Waals surface area (Å²) in [5.74, 6) is 0.366. The summed E-state index contributed by atoms with van der Waals surface area (Å²) >= 11 is 0. The normalized spacial score (nSPS) is 11.5. The fourth-order valence-corrected chi connectivity index (χ4v) is 3.43. The highest BCUT2D eigenvalue weighted by Gasteiger charge is 2.18. The van der Waals surface area contributed by atoms with Crippen molar-refractivity contribution in [1.82, 2.24) is 14.1 Å². The molecule has 2 aromatic heterocycles. The third kappa shape index (κ3) is 1.98. The summed E-state index contributed by atoms with van der Waals surface area (Å²) < 4.78 is 3.22. The third-order valence-corrected chi connectivity index (χ3v) is 4.88. The van der Waals surface area contributed by atoms with Crippen LogP contribution in [0, 0.1) is 13.8 Å². The van der Waals surface area contributed by atoms with Crippen molar-refractivity contribution in [3.05, 3.63) is 63.9 Å². The van der Waals surface area contributed by atoms with Gasteiger partial charge in [0.2, 0.25) is 0 Å². The predicted octanol–water partition coefficient (Wildman–Crippen LogP) is 3.18. The minimum atomic E-state index is -0.164. The van der Waals surface area contributed by atoms with Gasteiger partial charge in [0.15, 0.2) is 0 Å². The average Bonchev–Trinajstić information content (AvgIpc) is 2.92. The Labute approximate surface area is 141 Å². The van der Waals surface area contributed by atoms with Crippen LogP contribution in [0.2, 0.25) is 0 Å². The van der Waals surface area contributed by atoms with Crippen LogP contribution >= 0.6 is 9.39 Å². The Morgan fingerprint density at radius 2 is 1.88 bits per heavy atom. The van der Waals surface area contributed by atoms with Gasteiger partial charge >= 0.3 is 0 Å². The lowest BCUT2D eigenvalue weighted by Crippen LogP contribution is -2.14. The second kappa shape index (κ2) is 5.18. The number of benzene rings is 2. The van der Waals surface area contributed by atoms with E-state index in [-0.39, 0.29) is 5.56 Å². The molecule has 0 radical (unpaired) electrons. The van der Waals surface area contributed by atoms with Crippen molar-refractivity contribution in [2.75, 3.05) is 5.73 Å². The number of para-hydroxylation sites is 1. The van der Waals surface area contributed by atoms with E-state index in [1.54, 1.807) is 9.02 Å². The average molecular weight is 336 g/mol. The largest absolute Gasteiger partial charge is 0.383 e. The van der Waals surface area contributed by atoms with Gasteiger partial charge in [0.1, 0.15) is 16.7 Å². The Kier molecular flexibility index (Phi) is 3.22. The van der Waals surface area contributed by atoms with Gasteiger partial charge in [-0.1, -0.05) is 30.3 Å². The molecule has 5 nitrogen and oxygen atoms in total. The Bertz CT molecular complexity index is 1170. The highest BCUT2D eigenvalue weighted by molar-refractivity contribution is 7.14. The van der Waals surface area contributed by atoms with E-state index in [2.05, 4.69) is 14.5 Å². The zero-order valence-corrected chi connectivity index (χ0v) is 14.6. The van der Waals surface area contributed by atoms with Gasteiger partial charge in [-0.2, -0.15) is 5.10 Å². The van der Waals surface area contributed by atoms with Crippen molar-refractivity contribution in [3.8, 4) is 5.69 Å². The number of nitrogens with two attached hydrogens (primary N) is 1. The first-order chi connectivity index (χ1) is 11.5. The van der Waals surface area contributed by atoms with Crippen LogP contribution in [0.25, 0.3) is 27.5 Å². The van der Waals surface area contributed by atoms with Crippen LogP contribution in [0.3, 0.4) is 0 Å². The van der Waals surface area contributed by atoms with Crippen LogP contribution < -0.4 is 11.3 Å². The van der Waals surface area contributed by atoms with Gasteiger partial charge in [-0.05, 0) is 46.5 Å². The van der Waals surface area contributed by atoms with Crippen molar-refractivity contribution < 1.29 is 0 Å². The number of hydrogen-bond donors (Lipinski definition) is 1. The zero-order chi connectivity index (χ0) is 17.0. The van der Waals surface area contributed by atoms with Crippen LogP contribution in [0.4, 0.5) is 5.82 Å². The Hall–Kier alpha value is -2.65. The van der Waals surface area contributed by atoms with E-state index < -0.39 is 0 Å². The molecule has 0 amide bonds. The molecule has 2 aromatic carbocycles. The second-order valence-electron chi connectivity index (χ2n) is 6.00. The number of pyridine rings is 1. The fraction of sp³-hybridized carbons (Fsp3) is 0.111. The van der Waals surface area contributed by atoms with Gasteiger partial charge in [-0.3, -0.25) is 9.13 Å². The summed E-state index contributed by atoms with van der Waals surface area (Å²) in [5, 5.41) is 6.03. The molecule has 120 valence electrons. The molecule has 0 saturated carbocycles. The van der Waals surface area contributed by atoms with E-state index in [1.165, 1.54) is 0 Å². The molecular formula is C18H17N4OP. The maximum absolute atomic E-state index is 12.8. The molecule has 2 heterocycles. The van der Waals surface area contributed by atoms with Crippen LogP contribution in [0.15, 0.2) is 47.3 Å². The minimum Gasteiger partial charge on any atom is -0.383 e. The van der Waals surface area contributed by atoms with E-state index in [4.69, 9.17) is 5.73 Å². The van der Waals surface area contributed by atoms with Gasteiger partial charge in [0.05, 0.1) is 11.2 Å². The van der Waals surface area contributed by atoms with E-state index >= 15 is 0 Å². The van der Waals surface area contributed by atoms with Crippen molar-refractivity contribution in [2.24, 2.45) is 0 Å². The summed E-state index contributed by atoms with van der Waals surface area (Å²) in [7, 11) is 2.46. The second-order valence-corrected chi connectivity index (χ2v) is 6.52. The Balaban J connectivity index is 2.20. The molecule has 4 rings (SSSR count). The van der Waals surface area contributed by atoms with Crippen LogP contribution in [0.1, 0.15) is 11.1 Å². The van der Waals surface area contributed by atoms with Gasteiger partial charge < -0.3 is 5.73 Å². The molecule has 2 N–H and O–H groups in total. The maximum atomic E-state index is 12.8. The molecule has 24 heavy (non-hydrogen) atoms. The van der Waals surface area contributed by atoms with Crippen molar-refractivity contribution in [1.29, 1.82) is 0 Å². The summed E-state index contributed by atoms with van der Waals surface area (Å²) in [6.07, 6.45) is 0. The SMILES string of the molecule is Cc1ccc(C)c(-n2nc3c(c2N)c(=O)n(P)c2ccccc32)c1. The molecule has 0 spiro atoms. The third-order valence-electron chi connectivity index (χ3n) is 4.37. The number of anilines is 1. The standard InChI is InChI=1S/C18H17N4OP/c1-10-7-8-11(2)14(9-10)21-17(19)15-16(20-21)12-5-3-4-6-13(12)22(24)18(15)23/h3-9H,19,24H2,1-2H3. The predicted molar refractivity (Wildman–Crippen MR) is 102 cm³/mol. The molecule has 0 aliphatic heterocycles. The van der Waals surface area contributed by atoms with Crippen molar-refractivity contribution in [2.45, 2.75) is 13.8 Å². The molecule has 0 saturated heterocycles. The fourth-order valence-electron chi connectivity index (χ4n) is 3.08. The molecule has 4 aromatic rings. The smallest absolute Gasteiger partial charge is 0.267 e. The van der Waals surface area contributed by atoms with Gasteiger partial charge in [0.25, 0.3) is 5.56 Å². The molecular weight excluding hydrogens is 319 g/mol. The topological polar surface area (TPSA) is 65.8 Å². The number of aromatic nitrogens is 3. The minimum absolute atomic E-state index is 0.164. The van der Waals surface area contributed by atoms with E-state index in [0.717, 1.165) is 27.7 Å². The lowest BCUT2D eigenvalue weighted by molar-refractivity contribution is 0.898.